The van der Waals surface area contributed by atoms with Crippen molar-refractivity contribution in [3.8, 4) is 11.5 Å². The molecule has 0 amide bonds. The van der Waals surface area contributed by atoms with Gasteiger partial charge in [0, 0.05) is 25.6 Å². The number of hydrogen-bond donors (Lipinski definition) is 1. The van der Waals surface area contributed by atoms with Crippen molar-refractivity contribution in [1.29, 1.82) is 0 Å². The molecule has 0 aromatic rings. The summed E-state index contributed by atoms with van der Waals surface area (Å²) in [6.07, 6.45) is 3.78. The number of ether oxygens (including phenoxy) is 2. The second-order valence-corrected chi connectivity index (χ2v) is 11.1. The zero-order valence-corrected chi connectivity index (χ0v) is 13.7. The van der Waals surface area contributed by atoms with Crippen LogP contribution in [0.1, 0.15) is 32.6 Å². The fourth-order valence-corrected chi connectivity index (χ4v) is 2.56. The molecule has 1 aliphatic rings. The molecule has 3 atom stereocenters. The third-order valence-corrected chi connectivity index (χ3v) is 4.08. The minimum atomic E-state index is -1.33. The van der Waals surface area contributed by atoms with Crippen LogP contribution in [0.15, 0.2) is 0 Å². The molecule has 1 unspecified atom stereocenters. The third kappa shape index (κ3) is 7.12. The van der Waals surface area contributed by atoms with Crippen LogP contribution in [-0.4, -0.2) is 38.8 Å². The van der Waals surface area contributed by atoms with E-state index in [1.165, 1.54) is 0 Å². The van der Waals surface area contributed by atoms with Gasteiger partial charge < -0.3 is 14.6 Å². The number of aliphatic hydroxyl groups excluding tert-OH is 1. The highest BCUT2D eigenvalue weighted by atomic mass is 28.3. The fourth-order valence-electron chi connectivity index (χ4n) is 1.93. The first-order valence-corrected chi connectivity index (χ1v) is 10.8. The molecule has 0 spiro atoms. The second-order valence-electron chi connectivity index (χ2n) is 6.39. The molecule has 19 heavy (non-hydrogen) atoms. The summed E-state index contributed by atoms with van der Waals surface area (Å²) in [5.74, 6) is 3.35. The van der Waals surface area contributed by atoms with E-state index >= 15 is 0 Å². The Kier molecular flexibility index (Phi) is 7.09. The standard InChI is InChI=1S/C15H28O3Si/c1-13(12-16)14(8-7-11-19(2,3)4)18-15-9-5-6-10-17-15/h13-16H,5-6,8-10,12H2,1-4H3/t13-,14-,15?/m1/s1. The second kappa shape index (κ2) is 8.06. The predicted octanol–water partition coefficient (Wildman–Crippen LogP) is 2.80. The van der Waals surface area contributed by atoms with Gasteiger partial charge in [0.05, 0.1) is 6.10 Å². The van der Waals surface area contributed by atoms with Gasteiger partial charge >= 0.3 is 0 Å². The average molecular weight is 284 g/mol. The van der Waals surface area contributed by atoms with E-state index in [9.17, 15) is 5.11 Å². The largest absolute Gasteiger partial charge is 0.396 e. The van der Waals surface area contributed by atoms with Crippen molar-refractivity contribution in [3.05, 3.63) is 0 Å². The van der Waals surface area contributed by atoms with Gasteiger partial charge in [-0.1, -0.05) is 26.6 Å². The summed E-state index contributed by atoms with van der Waals surface area (Å²) in [4.78, 5) is 0. The van der Waals surface area contributed by atoms with Crippen molar-refractivity contribution >= 4 is 8.07 Å². The molecule has 1 heterocycles. The van der Waals surface area contributed by atoms with Gasteiger partial charge in [-0.25, -0.2) is 0 Å². The van der Waals surface area contributed by atoms with E-state index in [0.717, 1.165) is 25.9 Å². The molecule has 0 bridgehead atoms. The molecule has 110 valence electrons. The van der Waals surface area contributed by atoms with Crippen molar-refractivity contribution in [2.24, 2.45) is 5.92 Å². The van der Waals surface area contributed by atoms with E-state index < -0.39 is 8.07 Å². The first kappa shape index (κ1) is 16.7. The SMILES string of the molecule is C[C@H](CO)[C@@H](CC#C[Si](C)(C)C)OC1CCCCO1. The van der Waals surface area contributed by atoms with E-state index in [0.29, 0.717) is 6.42 Å². The highest BCUT2D eigenvalue weighted by Gasteiger charge is 2.23. The molecular formula is C15H28O3Si. The summed E-state index contributed by atoms with van der Waals surface area (Å²) in [6.45, 7) is 9.61. The van der Waals surface area contributed by atoms with Crippen LogP contribution in [0, 0.1) is 17.4 Å². The van der Waals surface area contributed by atoms with Crippen LogP contribution < -0.4 is 0 Å². The molecular weight excluding hydrogens is 256 g/mol. The Labute approximate surface area is 118 Å². The lowest BCUT2D eigenvalue weighted by Gasteiger charge is -2.29. The molecule has 0 saturated carbocycles. The van der Waals surface area contributed by atoms with Crippen LogP contribution >= 0.6 is 0 Å². The maximum atomic E-state index is 9.33. The zero-order valence-electron chi connectivity index (χ0n) is 12.7. The summed E-state index contributed by atoms with van der Waals surface area (Å²) < 4.78 is 11.6. The quantitative estimate of drug-likeness (QED) is 0.623. The number of aliphatic hydroxyl groups is 1. The fraction of sp³-hybridized carbons (Fsp3) is 0.867. The minimum absolute atomic E-state index is 0.0306. The van der Waals surface area contributed by atoms with Crippen molar-refractivity contribution in [2.75, 3.05) is 13.2 Å². The Balaban J connectivity index is 2.53. The van der Waals surface area contributed by atoms with Crippen molar-refractivity contribution < 1.29 is 14.6 Å². The van der Waals surface area contributed by atoms with Gasteiger partial charge in [-0.2, -0.15) is 0 Å². The molecule has 1 fully saturated rings. The van der Waals surface area contributed by atoms with Crippen molar-refractivity contribution in [3.63, 3.8) is 0 Å². The first-order valence-electron chi connectivity index (χ1n) is 7.30. The minimum Gasteiger partial charge on any atom is -0.396 e. The lowest BCUT2D eigenvalue weighted by molar-refractivity contribution is -0.198. The summed E-state index contributed by atoms with van der Waals surface area (Å²) in [6, 6.07) is 0. The Morgan fingerprint density at radius 2 is 2.11 bits per heavy atom. The molecule has 4 heteroatoms. The Bertz CT molecular complexity index is 308. The van der Waals surface area contributed by atoms with E-state index in [2.05, 4.69) is 31.1 Å². The highest BCUT2D eigenvalue weighted by Crippen LogP contribution is 2.20. The molecule has 0 aromatic heterocycles. The first-order chi connectivity index (χ1) is 8.92. The maximum Gasteiger partial charge on any atom is 0.158 e. The van der Waals surface area contributed by atoms with Crippen LogP contribution in [0.25, 0.3) is 0 Å². The summed E-state index contributed by atoms with van der Waals surface area (Å²) in [5, 5.41) is 9.33. The third-order valence-electron chi connectivity index (χ3n) is 3.15. The molecule has 0 aliphatic carbocycles. The lowest BCUT2D eigenvalue weighted by atomic mass is 10.0. The summed E-state index contributed by atoms with van der Waals surface area (Å²) in [7, 11) is -1.33. The smallest absolute Gasteiger partial charge is 0.158 e. The molecule has 1 N–H and O–H groups in total. The van der Waals surface area contributed by atoms with Crippen molar-refractivity contribution in [1.82, 2.24) is 0 Å². The van der Waals surface area contributed by atoms with E-state index in [-0.39, 0.29) is 24.9 Å². The Hall–Kier alpha value is -0.343. The van der Waals surface area contributed by atoms with Crippen molar-refractivity contribution in [2.45, 2.75) is 64.6 Å². The van der Waals surface area contributed by atoms with Gasteiger partial charge in [0.15, 0.2) is 6.29 Å². The van der Waals surface area contributed by atoms with Gasteiger partial charge in [0.1, 0.15) is 8.07 Å². The number of rotatable bonds is 5. The molecule has 1 rings (SSSR count). The van der Waals surface area contributed by atoms with E-state index in [4.69, 9.17) is 9.47 Å². The predicted molar refractivity (Wildman–Crippen MR) is 80.5 cm³/mol. The van der Waals surface area contributed by atoms with E-state index in [1.807, 2.05) is 6.92 Å². The van der Waals surface area contributed by atoms with Gasteiger partial charge in [0.25, 0.3) is 0 Å². The van der Waals surface area contributed by atoms with Gasteiger partial charge in [-0.05, 0) is 19.3 Å². The number of hydrogen-bond acceptors (Lipinski definition) is 3. The van der Waals surface area contributed by atoms with Crippen LogP contribution in [0.5, 0.6) is 0 Å². The summed E-state index contributed by atoms with van der Waals surface area (Å²) in [5.41, 5.74) is 3.35. The van der Waals surface area contributed by atoms with Crippen LogP contribution in [-0.2, 0) is 9.47 Å². The monoisotopic (exact) mass is 284 g/mol. The molecule has 3 nitrogen and oxygen atoms in total. The van der Waals surface area contributed by atoms with Crippen LogP contribution in [0.3, 0.4) is 0 Å². The maximum absolute atomic E-state index is 9.33. The average Bonchev–Trinajstić information content (AvgIpc) is 2.36. The topological polar surface area (TPSA) is 38.7 Å². The van der Waals surface area contributed by atoms with E-state index in [1.54, 1.807) is 0 Å². The molecule has 1 aliphatic heterocycles. The van der Waals surface area contributed by atoms with Gasteiger partial charge in [-0.15, -0.1) is 11.5 Å². The van der Waals surface area contributed by atoms with Crippen LogP contribution in [0.2, 0.25) is 19.6 Å². The highest BCUT2D eigenvalue weighted by molar-refractivity contribution is 6.83. The normalized spacial score (nSPS) is 23.3. The summed E-state index contributed by atoms with van der Waals surface area (Å²) >= 11 is 0. The molecule has 0 aromatic carbocycles. The Morgan fingerprint density at radius 1 is 1.37 bits per heavy atom. The van der Waals surface area contributed by atoms with Crippen LogP contribution in [0.4, 0.5) is 0 Å². The van der Waals surface area contributed by atoms with Gasteiger partial charge in [-0.3, -0.25) is 0 Å². The Morgan fingerprint density at radius 3 is 2.63 bits per heavy atom. The van der Waals surface area contributed by atoms with Gasteiger partial charge in [0.2, 0.25) is 0 Å². The molecule has 1 saturated heterocycles. The lowest BCUT2D eigenvalue weighted by Crippen LogP contribution is -2.32. The zero-order chi connectivity index (χ0) is 14.3. The molecule has 0 radical (unpaired) electrons.